The largest absolute Gasteiger partial charge is 0.309 e. The summed E-state index contributed by atoms with van der Waals surface area (Å²) in [5.74, 6) is 0.614. The zero-order chi connectivity index (χ0) is 12.3. The molecule has 0 aromatic carbocycles. The van der Waals surface area contributed by atoms with Crippen LogP contribution in [0.15, 0.2) is 18.5 Å². The number of rotatable bonds is 3. The van der Waals surface area contributed by atoms with Crippen LogP contribution in [0.2, 0.25) is 0 Å². The summed E-state index contributed by atoms with van der Waals surface area (Å²) in [4.78, 5) is 4.08. The topological polar surface area (TPSA) is 59.1 Å². The maximum atomic E-state index is 11.5. The number of pyridine rings is 1. The first kappa shape index (κ1) is 12.5. The number of sulfone groups is 1. The highest BCUT2D eigenvalue weighted by molar-refractivity contribution is 7.91. The lowest BCUT2D eigenvalue weighted by Crippen LogP contribution is -2.39. The van der Waals surface area contributed by atoms with Crippen LogP contribution in [-0.2, 0) is 16.4 Å². The summed E-state index contributed by atoms with van der Waals surface area (Å²) in [6.45, 7) is 2.73. The number of nitrogens with one attached hydrogen (secondary N) is 1. The third-order valence-corrected chi connectivity index (χ3v) is 5.01. The average molecular weight is 254 g/mol. The van der Waals surface area contributed by atoms with E-state index < -0.39 is 9.84 Å². The van der Waals surface area contributed by atoms with Gasteiger partial charge in [0, 0.05) is 25.0 Å². The smallest absolute Gasteiger partial charge is 0.151 e. The molecule has 1 fully saturated rings. The fraction of sp³-hybridized carbons (Fsp3) is 0.583. The van der Waals surface area contributed by atoms with Crippen molar-refractivity contribution in [3.05, 3.63) is 29.6 Å². The molecular weight excluding hydrogens is 236 g/mol. The number of aromatic nitrogens is 1. The summed E-state index contributed by atoms with van der Waals surface area (Å²) in [5.41, 5.74) is 2.32. The van der Waals surface area contributed by atoms with Gasteiger partial charge in [0.25, 0.3) is 0 Å². The van der Waals surface area contributed by atoms with Crippen molar-refractivity contribution in [2.45, 2.75) is 32.4 Å². The Balaban J connectivity index is 1.93. The van der Waals surface area contributed by atoms with Crippen LogP contribution in [0.5, 0.6) is 0 Å². The Bertz CT molecular complexity index is 485. The van der Waals surface area contributed by atoms with Crippen LogP contribution < -0.4 is 5.32 Å². The molecule has 4 nitrogen and oxygen atoms in total. The number of hydrogen-bond donors (Lipinski definition) is 1. The van der Waals surface area contributed by atoms with Gasteiger partial charge in [0.15, 0.2) is 9.84 Å². The highest BCUT2D eigenvalue weighted by atomic mass is 32.2. The normalized spacial score (nSPS) is 23.5. The molecule has 5 heteroatoms. The van der Waals surface area contributed by atoms with Crippen molar-refractivity contribution in [1.29, 1.82) is 0 Å². The second-order valence-electron chi connectivity index (χ2n) is 4.64. The first-order valence-corrected chi connectivity index (χ1v) is 7.72. The second kappa shape index (κ2) is 5.14. The van der Waals surface area contributed by atoms with Crippen molar-refractivity contribution in [3.8, 4) is 0 Å². The Hall–Kier alpha value is -0.940. The van der Waals surface area contributed by atoms with Crippen molar-refractivity contribution >= 4 is 9.84 Å². The monoisotopic (exact) mass is 254 g/mol. The van der Waals surface area contributed by atoms with Crippen LogP contribution in [0.3, 0.4) is 0 Å². The highest BCUT2D eigenvalue weighted by Gasteiger charge is 2.24. The van der Waals surface area contributed by atoms with E-state index in [2.05, 4.69) is 10.3 Å². The minimum Gasteiger partial charge on any atom is -0.309 e. The van der Waals surface area contributed by atoms with Crippen molar-refractivity contribution in [2.24, 2.45) is 0 Å². The van der Waals surface area contributed by atoms with E-state index >= 15 is 0 Å². The van der Waals surface area contributed by atoms with E-state index in [0.29, 0.717) is 12.3 Å². The Labute approximate surface area is 102 Å². The molecule has 1 unspecified atom stereocenters. The lowest BCUT2D eigenvalue weighted by Gasteiger charge is -2.23. The molecular formula is C12H18N2O2S. The van der Waals surface area contributed by atoms with E-state index in [0.717, 1.165) is 18.4 Å². The van der Waals surface area contributed by atoms with E-state index in [4.69, 9.17) is 0 Å². The first-order chi connectivity index (χ1) is 8.07. The van der Waals surface area contributed by atoms with Gasteiger partial charge < -0.3 is 5.32 Å². The van der Waals surface area contributed by atoms with Gasteiger partial charge in [-0.3, -0.25) is 4.98 Å². The number of aryl methyl sites for hydroxylation is 1. The molecule has 0 amide bonds. The van der Waals surface area contributed by atoms with E-state index in [1.165, 1.54) is 5.56 Å². The maximum absolute atomic E-state index is 11.5. The van der Waals surface area contributed by atoms with Crippen molar-refractivity contribution in [2.75, 3.05) is 11.5 Å². The van der Waals surface area contributed by atoms with E-state index in [1.807, 2.05) is 19.2 Å². The lowest BCUT2D eigenvalue weighted by molar-refractivity contribution is 0.479. The van der Waals surface area contributed by atoms with Crippen LogP contribution in [0.25, 0.3) is 0 Å². The van der Waals surface area contributed by atoms with Crippen molar-refractivity contribution in [1.82, 2.24) is 10.3 Å². The Morgan fingerprint density at radius 1 is 1.53 bits per heavy atom. The van der Waals surface area contributed by atoms with Crippen molar-refractivity contribution in [3.63, 3.8) is 0 Å². The summed E-state index contributed by atoms with van der Waals surface area (Å²) < 4.78 is 23.0. The summed E-state index contributed by atoms with van der Waals surface area (Å²) in [6, 6.07) is 2.06. The summed E-state index contributed by atoms with van der Waals surface area (Å²) in [6.07, 6.45) is 5.31. The number of hydrogen-bond acceptors (Lipinski definition) is 4. The minimum absolute atomic E-state index is 0.0911. The van der Waals surface area contributed by atoms with Crippen LogP contribution >= 0.6 is 0 Å². The predicted octanol–water partition coefficient (Wildman–Crippen LogP) is 1.06. The molecule has 0 aliphatic carbocycles. The fourth-order valence-electron chi connectivity index (χ4n) is 2.12. The fourth-order valence-corrected chi connectivity index (χ4v) is 3.79. The molecule has 94 valence electrons. The molecule has 0 bridgehead atoms. The molecule has 1 aromatic heterocycles. The third-order valence-electron chi connectivity index (χ3n) is 3.19. The van der Waals surface area contributed by atoms with Gasteiger partial charge in [0.05, 0.1) is 11.5 Å². The van der Waals surface area contributed by atoms with Gasteiger partial charge in [-0.15, -0.1) is 0 Å². The average Bonchev–Trinajstić information content (AvgIpc) is 2.27. The maximum Gasteiger partial charge on any atom is 0.151 e. The SMILES string of the molecule is Cc1ccncc1CNC1CCCS(=O)(=O)C1. The molecule has 0 saturated carbocycles. The Kier molecular flexibility index (Phi) is 3.79. The summed E-state index contributed by atoms with van der Waals surface area (Å²) in [5, 5.41) is 3.32. The van der Waals surface area contributed by atoms with Crippen LogP contribution in [0.4, 0.5) is 0 Å². The zero-order valence-electron chi connectivity index (χ0n) is 10.0. The van der Waals surface area contributed by atoms with Crippen molar-refractivity contribution < 1.29 is 8.42 Å². The molecule has 1 aliphatic heterocycles. The highest BCUT2D eigenvalue weighted by Crippen LogP contribution is 2.13. The lowest BCUT2D eigenvalue weighted by atomic mass is 10.1. The van der Waals surface area contributed by atoms with Crippen LogP contribution in [0, 0.1) is 6.92 Å². The first-order valence-electron chi connectivity index (χ1n) is 5.90. The molecule has 1 aromatic rings. The molecule has 2 rings (SSSR count). The standard InChI is InChI=1S/C12H18N2O2S/c1-10-4-5-13-7-11(10)8-14-12-3-2-6-17(15,16)9-12/h4-5,7,12,14H,2-3,6,8-9H2,1H3. The molecule has 2 heterocycles. The van der Waals surface area contributed by atoms with Gasteiger partial charge >= 0.3 is 0 Å². The molecule has 1 aliphatic rings. The molecule has 17 heavy (non-hydrogen) atoms. The molecule has 1 saturated heterocycles. The quantitative estimate of drug-likeness (QED) is 0.876. The zero-order valence-corrected chi connectivity index (χ0v) is 10.8. The predicted molar refractivity (Wildman–Crippen MR) is 67.5 cm³/mol. The van der Waals surface area contributed by atoms with E-state index in [1.54, 1.807) is 6.20 Å². The van der Waals surface area contributed by atoms with Gasteiger partial charge in [-0.25, -0.2) is 8.42 Å². The van der Waals surface area contributed by atoms with E-state index in [9.17, 15) is 8.42 Å². The van der Waals surface area contributed by atoms with Gasteiger partial charge in [0.1, 0.15) is 0 Å². The molecule has 0 spiro atoms. The summed E-state index contributed by atoms with van der Waals surface area (Å²) in [7, 11) is -2.82. The summed E-state index contributed by atoms with van der Waals surface area (Å²) >= 11 is 0. The van der Waals surface area contributed by atoms with Crippen LogP contribution in [-0.4, -0.2) is 30.9 Å². The molecule has 0 radical (unpaired) electrons. The molecule has 1 atom stereocenters. The van der Waals surface area contributed by atoms with Gasteiger partial charge in [-0.05, 0) is 37.0 Å². The van der Waals surface area contributed by atoms with Gasteiger partial charge in [-0.2, -0.15) is 0 Å². The Morgan fingerprint density at radius 2 is 2.35 bits per heavy atom. The van der Waals surface area contributed by atoms with Crippen LogP contribution in [0.1, 0.15) is 24.0 Å². The van der Waals surface area contributed by atoms with Gasteiger partial charge in [0.2, 0.25) is 0 Å². The second-order valence-corrected chi connectivity index (χ2v) is 6.87. The minimum atomic E-state index is -2.82. The molecule has 1 N–H and O–H groups in total. The Morgan fingerprint density at radius 3 is 3.06 bits per heavy atom. The third kappa shape index (κ3) is 3.51. The van der Waals surface area contributed by atoms with E-state index in [-0.39, 0.29) is 11.8 Å². The number of nitrogens with zero attached hydrogens (tertiary/aromatic N) is 1. The van der Waals surface area contributed by atoms with Gasteiger partial charge in [-0.1, -0.05) is 0 Å².